The van der Waals surface area contributed by atoms with Gasteiger partial charge in [-0.15, -0.1) is 0 Å². The van der Waals surface area contributed by atoms with Gasteiger partial charge in [-0.3, -0.25) is 9.10 Å². The zero-order valence-corrected chi connectivity index (χ0v) is 17.0. The fraction of sp³-hybridized carbons (Fsp3) is 0.632. The van der Waals surface area contributed by atoms with Gasteiger partial charge in [-0.1, -0.05) is 13.3 Å². The number of unbranched alkanes of at least 4 members (excludes halogenated alkanes) is 1. The van der Waals surface area contributed by atoms with Crippen molar-refractivity contribution in [1.29, 1.82) is 0 Å². The Labute approximate surface area is 157 Å². The predicted octanol–water partition coefficient (Wildman–Crippen LogP) is 2.70. The third kappa shape index (κ3) is 5.62. The highest BCUT2D eigenvalue weighted by Crippen LogP contribution is 2.25. The minimum absolute atomic E-state index is 0.165. The number of nitrogens with zero attached hydrogens (tertiary/aromatic N) is 3. The molecule has 0 saturated carbocycles. The molecule has 0 radical (unpaired) electrons. The quantitative estimate of drug-likeness (QED) is 0.695. The lowest BCUT2D eigenvalue weighted by atomic mass is 10.1. The SMILES string of the molecule is CCCCN(C)C(=O)CN(c1ccc(N2CCCCC2)cc1)S(C)(=O)=O. The van der Waals surface area contributed by atoms with E-state index in [9.17, 15) is 13.2 Å². The molecule has 1 aliphatic rings. The summed E-state index contributed by atoms with van der Waals surface area (Å²) >= 11 is 0. The lowest BCUT2D eigenvalue weighted by Gasteiger charge is -2.30. The number of anilines is 2. The number of amides is 1. The maximum Gasteiger partial charge on any atom is 0.243 e. The Bertz CT molecular complexity index is 682. The number of piperidine rings is 1. The maximum atomic E-state index is 12.4. The van der Waals surface area contributed by atoms with Crippen LogP contribution in [-0.4, -0.2) is 58.7 Å². The normalized spacial score (nSPS) is 15.0. The smallest absolute Gasteiger partial charge is 0.243 e. The van der Waals surface area contributed by atoms with E-state index in [0.29, 0.717) is 12.2 Å². The van der Waals surface area contributed by atoms with Gasteiger partial charge in [-0.2, -0.15) is 0 Å². The second kappa shape index (κ2) is 9.26. The number of hydrogen-bond donors (Lipinski definition) is 0. The van der Waals surface area contributed by atoms with Gasteiger partial charge >= 0.3 is 0 Å². The number of carbonyl (C=O) groups excluding carboxylic acids is 1. The molecule has 1 saturated heterocycles. The molecule has 7 heteroatoms. The van der Waals surface area contributed by atoms with Crippen LogP contribution in [0.4, 0.5) is 11.4 Å². The summed E-state index contributed by atoms with van der Waals surface area (Å²) in [7, 11) is -1.81. The van der Waals surface area contributed by atoms with E-state index < -0.39 is 10.0 Å². The minimum Gasteiger partial charge on any atom is -0.372 e. The van der Waals surface area contributed by atoms with E-state index in [1.54, 1.807) is 24.1 Å². The number of benzene rings is 1. The number of carbonyl (C=O) groups is 1. The van der Waals surface area contributed by atoms with Crippen LogP contribution in [0, 0.1) is 0 Å². The van der Waals surface area contributed by atoms with E-state index in [1.807, 2.05) is 12.1 Å². The molecule has 0 aliphatic carbocycles. The second-order valence-electron chi connectivity index (χ2n) is 7.00. The van der Waals surface area contributed by atoms with Crippen LogP contribution in [0.5, 0.6) is 0 Å². The summed E-state index contributed by atoms with van der Waals surface area (Å²) in [5.41, 5.74) is 1.64. The largest absolute Gasteiger partial charge is 0.372 e. The molecule has 2 rings (SSSR count). The molecule has 146 valence electrons. The van der Waals surface area contributed by atoms with Crippen molar-refractivity contribution in [1.82, 2.24) is 4.90 Å². The molecular formula is C19H31N3O3S. The summed E-state index contributed by atoms with van der Waals surface area (Å²) in [5.74, 6) is -0.191. The van der Waals surface area contributed by atoms with Crippen LogP contribution in [0.2, 0.25) is 0 Å². The van der Waals surface area contributed by atoms with Crippen LogP contribution >= 0.6 is 0 Å². The van der Waals surface area contributed by atoms with Crippen LogP contribution in [0.15, 0.2) is 24.3 Å². The van der Waals surface area contributed by atoms with E-state index in [0.717, 1.165) is 37.9 Å². The Morgan fingerprint density at radius 2 is 1.73 bits per heavy atom. The highest BCUT2D eigenvalue weighted by Gasteiger charge is 2.23. The Morgan fingerprint density at radius 3 is 2.27 bits per heavy atom. The molecule has 0 unspecified atom stereocenters. The van der Waals surface area contributed by atoms with Crippen molar-refractivity contribution in [3.8, 4) is 0 Å². The van der Waals surface area contributed by atoms with Gasteiger partial charge in [0.05, 0.1) is 11.9 Å². The summed E-state index contributed by atoms with van der Waals surface area (Å²) in [4.78, 5) is 16.3. The van der Waals surface area contributed by atoms with Gasteiger partial charge in [0.15, 0.2) is 0 Å². The molecule has 0 N–H and O–H groups in total. The molecule has 1 amide bonds. The summed E-state index contributed by atoms with van der Waals surface area (Å²) in [6, 6.07) is 7.49. The Hall–Kier alpha value is -1.76. The Morgan fingerprint density at radius 1 is 1.12 bits per heavy atom. The highest BCUT2D eigenvalue weighted by atomic mass is 32.2. The summed E-state index contributed by atoms with van der Waals surface area (Å²) in [5, 5.41) is 0. The first kappa shape index (κ1) is 20.6. The first-order chi connectivity index (χ1) is 12.3. The van der Waals surface area contributed by atoms with E-state index in [2.05, 4.69) is 11.8 Å². The van der Waals surface area contributed by atoms with Crippen molar-refractivity contribution in [2.45, 2.75) is 39.0 Å². The van der Waals surface area contributed by atoms with Crippen molar-refractivity contribution in [3.63, 3.8) is 0 Å². The molecule has 26 heavy (non-hydrogen) atoms. The highest BCUT2D eigenvalue weighted by molar-refractivity contribution is 7.92. The lowest BCUT2D eigenvalue weighted by molar-refractivity contribution is -0.128. The first-order valence-corrected chi connectivity index (χ1v) is 11.2. The van der Waals surface area contributed by atoms with Gasteiger partial charge in [0.1, 0.15) is 6.54 Å². The molecule has 1 aliphatic heterocycles. The van der Waals surface area contributed by atoms with Crippen LogP contribution in [0.1, 0.15) is 39.0 Å². The fourth-order valence-electron chi connectivity index (χ4n) is 3.15. The number of likely N-dealkylation sites (N-methyl/N-ethyl adjacent to an activating group) is 1. The van der Waals surface area contributed by atoms with Crippen molar-refractivity contribution < 1.29 is 13.2 Å². The summed E-state index contributed by atoms with van der Waals surface area (Å²) < 4.78 is 25.7. The third-order valence-corrected chi connectivity index (χ3v) is 5.95. The lowest BCUT2D eigenvalue weighted by Crippen LogP contribution is -2.41. The van der Waals surface area contributed by atoms with E-state index in [4.69, 9.17) is 0 Å². The first-order valence-electron chi connectivity index (χ1n) is 9.39. The van der Waals surface area contributed by atoms with Gasteiger partial charge < -0.3 is 9.80 Å². The van der Waals surface area contributed by atoms with Crippen LogP contribution < -0.4 is 9.21 Å². The topological polar surface area (TPSA) is 60.9 Å². The zero-order valence-electron chi connectivity index (χ0n) is 16.1. The molecule has 6 nitrogen and oxygen atoms in total. The maximum absolute atomic E-state index is 12.4. The molecular weight excluding hydrogens is 350 g/mol. The van der Waals surface area contributed by atoms with E-state index in [-0.39, 0.29) is 12.5 Å². The second-order valence-corrected chi connectivity index (χ2v) is 8.91. The van der Waals surface area contributed by atoms with Gasteiger partial charge in [0.25, 0.3) is 0 Å². The van der Waals surface area contributed by atoms with Crippen LogP contribution in [-0.2, 0) is 14.8 Å². The third-order valence-electron chi connectivity index (χ3n) is 4.81. The van der Waals surface area contributed by atoms with Gasteiger partial charge in [-0.05, 0) is 49.9 Å². The molecule has 0 bridgehead atoms. The van der Waals surface area contributed by atoms with Gasteiger partial charge in [0.2, 0.25) is 15.9 Å². The van der Waals surface area contributed by atoms with Crippen molar-refractivity contribution in [2.75, 3.05) is 48.7 Å². The summed E-state index contributed by atoms with van der Waals surface area (Å²) in [6.07, 6.45) is 6.69. The van der Waals surface area contributed by atoms with E-state index >= 15 is 0 Å². The molecule has 0 aromatic heterocycles. The minimum atomic E-state index is -3.53. The number of sulfonamides is 1. The number of rotatable bonds is 8. The Balaban J connectivity index is 2.12. The average molecular weight is 382 g/mol. The fourth-order valence-corrected chi connectivity index (χ4v) is 4.00. The average Bonchev–Trinajstić information content (AvgIpc) is 2.64. The standard InChI is InChI=1S/C19H31N3O3S/c1-4-5-13-20(2)19(23)16-22(26(3,24)25)18-11-9-17(10-12-18)21-14-7-6-8-15-21/h9-12H,4-8,13-16H2,1-3H3. The molecule has 0 spiro atoms. The molecule has 0 atom stereocenters. The molecule has 1 fully saturated rings. The van der Waals surface area contributed by atoms with Gasteiger partial charge in [-0.25, -0.2) is 8.42 Å². The van der Waals surface area contributed by atoms with Crippen molar-refractivity contribution in [2.24, 2.45) is 0 Å². The predicted molar refractivity (Wildman–Crippen MR) is 107 cm³/mol. The monoisotopic (exact) mass is 381 g/mol. The van der Waals surface area contributed by atoms with Crippen molar-refractivity contribution in [3.05, 3.63) is 24.3 Å². The van der Waals surface area contributed by atoms with Crippen molar-refractivity contribution >= 4 is 27.3 Å². The van der Waals surface area contributed by atoms with Crippen LogP contribution in [0.3, 0.4) is 0 Å². The van der Waals surface area contributed by atoms with Crippen LogP contribution in [0.25, 0.3) is 0 Å². The number of hydrogen-bond acceptors (Lipinski definition) is 4. The van der Waals surface area contributed by atoms with E-state index in [1.165, 1.54) is 23.6 Å². The molecule has 1 aromatic carbocycles. The summed E-state index contributed by atoms with van der Waals surface area (Å²) in [6.45, 7) is 4.61. The molecule has 1 heterocycles. The zero-order chi connectivity index (χ0) is 19.2. The molecule has 1 aromatic rings. The Kier molecular flexibility index (Phi) is 7.32. The van der Waals surface area contributed by atoms with Gasteiger partial charge in [0, 0.05) is 32.4 Å².